The number of aliphatic hydroxyl groups is 2. The molecule has 0 bridgehead atoms. The number of imidazole rings is 1. The van der Waals surface area contributed by atoms with Gasteiger partial charge in [-0.3, -0.25) is 19.0 Å². The summed E-state index contributed by atoms with van der Waals surface area (Å²) in [7, 11) is 0. The molecule has 1 fully saturated rings. The molecular formula is C22H24N8O6. The molecule has 3 amide bonds. The van der Waals surface area contributed by atoms with E-state index in [2.05, 4.69) is 30.9 Å². The zero-order valence-corrected chi connectivity index (χ0v) is 18.9. The maximum absolute atomic E-state index is 12.3. The van der Waals surface area contributed by atoms with Crippen LogP contribution < -0.4 is 21.7 Å². The van der Waals surface area contributed by atoms with Gasteiger partial charge < -0.3 is 36.6 Å². The first-order valence-electron chi connectivity index (χ1n) is 11.2. The average Bonchev–Trinajstić information content (AvgIpc) is 3.54. The van der Waals surface area contributed by atoms with Gasteiger partial charge in [-0.25, -0.2) is 15.0 Å². The van der Waals surface area contributed by atoms with Crippen molar-refractivity contribution in [1.29, 1.82) is 0 Å². The minimum Gasteiger partial charge on any atom is -0.387 e. The highest BCUT2D eigenvalue weighted by Gasteiger charge is 2.44. The third-order valence-corrected chi connectivity index (χ3v) is 6.20. The number of nitrogens with zero attached hydrogens (tertiary/aromatic N) is 4. The van der Waals surface area contributed by atoms with Crippen LogP contribution in [0.15, 0.2) is 30.9 Å². The third-order valence-electron chi connectivity index (χ3n) is 6.20. The van der Waals surface area contributed by atoms with Crippen molar-refractivity contribution in [3.63, 3.8) is 0 Å². The first-order chi connectivity index (χ1) is 17.3. The van der Waals surface area contributed by atoms with Crippen LogP contribution in [-0.2, 0) is 20.9 Å². The van der Waals surface area contributed by atoms with Crippen molar-refractivity contribution >= 4 is 40.4 Å². The van der Waals surface area contributed by atoms with Crippen molar-refractivity contribution in [3.8, 4) is 0 Å². The molecule has 7 N–H and O–H groups in total. The normalized spacial score (nSPS) is 22.9. The van der Waals surface area contributed by atoms with E-state index >= 15 is 0 Å². The minimum absolute atomic E-state index is 0.0844. The van der Waals surface area contributed by atoms with Crippen molar-refractivity contribution in [3.05, 3.63) is 42.0 Å². The molecule has 2 aromatic heterocycles. The van der Waals surface area contributed by atoms with E-state index in [0.717, 1.165) is 0 Å². The molecule has 4 atom stereocenters. The van der Waals surface area contributed by atoms with Gasteiger partial charge in [-0.1, -0.05) is 6.07 Å². The van der Waals surface area contributed by atoms with E-state index in [4.69, 9.17) is 10.5 Å². The highest BCUT2D eigenvalue weighted by molar-refractivity contribution is 6.02. The second-order valence-corrected chi connectivity index (χ2v) is 8.50. The smallest absolute Gasteiger partial charge is 0.251 e. The zero-order chi connectivity index (χ0) is 25.4. The fourth-order valence-corrected chi connectivity index (χ4v) is 4.30. The van der Waals surface area contributed by atoms with Crippen LogP contribution in [0.3, 0.4) is 0 Å². The van der Waals surface area contributed by atoms with E-state index in [1.165, 1.54) is 17.2 Å². The molecule has 1 aromatic carbocycles. The predicted molar refractivity (Wildman–Crippen MR) is 124 cm³/mol. The summed E-state index contributed by atoms with van der Waals surface area (Å²) >= 11 is 0. The van der Waals surface area contributed by atoms with Gasteiger partial charge >= 0.3 is 0 Å². The summed E-state index contributed by atoms with van der Waals surface area (Å²) in [6, 6.07) is 5.05. The summed E-state index contributed by atoms with van der Waals surface area (Å²) in [5, 5.41) is 29.0. The Kier molecular flexibility index (Phi) is 6.22. The zero-order valence-electron chi connectivity index (χ0n) is 18.9. The van der Waals surface area contributed by atoms with Crippen molar-refractivity contribution in [1.82, 2.24) is 30.2 Å². The lowest BCUT2D eigenvalue weighted by atomic mass is 10.1. The Balaban J connectivity index is 1.13. The molecule has 188 valence electrons. The number of carbonyl (C=O) groups is 3. The van der Waals surface area contributed by atoms with Gasteiger partial charge in [0.2, 0.25) is 11.8 Å². The van der Waals surface area contributed by atoms with Gasteiger partial charge in [0.05, 0.1) is 6.33 Å². The summed E-state index contributed by atoms with van der Waals surface area (Å²) < 4.78 is 7.22. The number of ether oxygens (including phenoxy) is 1. The van der Waals surface area contributed by atoms with Crippen LogP contribution in [0.25, 0.3) is 11.2 Å². The van der Waals surface area contributed by atoms with Gasteiger partial charge in [0.15, 0.2) is 17.7 Å². The minimum atomic E-state index is -1.31. The molecule has 2 aliphatic rings. The van der Waals surface area contributed by atoms with E-state index < -0.39 is 30.4 Å². The Bertz CT molecular complexity index is 1340. The summed E-state index contributed by atoms with van der Waals surface area (Å²) in [6.45, 7) is 0.246. The van der Waals surface area contributed by atoms with Crippen LogP contribution in [-0.4, -0.2) is 72.3 Å². The monoisotopic (exact) mass is 496 g/mol. The van der Waals surface area contributed by atoms with Crippen LogP contribution in [0.4, 0.5) is 11.5 Å². The van der Waals surface area contributed by atoms with Gasteiger partial charge in [0, 0.05) is 42.7 Å². The number of aliphatic hydroxyl groups excluding tert-OH is 2. The van der Waals surface area contributed by atoms with Gasteiger partial charge in [-0.15, -0.1) is 0 Å². The van der Waals surface area contributed by atoms with Crippen LogP contribution in [0, 0.1) is 0 Å². The maximum atomic E-state index is 12.3. The van der Waals surface area contributed by atoms with Crippen LogP contribution >= 0.6 is 0 Å². The summed E-state index contributed by atoms with van der Waals surface area (Å²) in [4.78, 5) is 48.5. The van der Waals surface area contributed by atoms with Crippen LogP contribution in [0.5, 0.6) is 0 Å². The maximum Gasteiger partial charge on any atom is 0.251 e. The summed E-state index contributed by atoms with van der Waals surface area (Å²) in [6.07, 6.45) is -2.05. The van der Waals surface area contributed by atoms with E-state index in [0.29, 0.717) is 34.5 Å². The Morgan fingerprint density at radius 2 is 1.97 bits per heavy atom. The van der Waals surface area contributed by atoms with E-state index in [1.54, 1.807) is 18.2 Å². The molecule has 0 radical (unpaired) electrons. The molecule has 2 aliphatic heterocycles. The molecule has 5 rings (SSSR count). The van der Waals surface area contributed by atoms with Gasteiger partial charge in [-0.2, -0.15) is 0 Å². The fourth-order valence-electron chi connectivity index (χ4n) is 4.30. The molecule has 14 heteroatoms. The fraction of sp³-hybridized carbons (Fsp3) is 0.364. The SMILES string of the molecule is Nc1ncnc2c1ncn2C1OC(CNC(=O)CCC(=O)Nc2cccc3c2CNC3=O)C(O)C1O. The van der Waals surface area contributed by atoms with Crippen molar-refractivity contribution in [2.24, 2.45) is 0 Å². The molecule has 1 saturated heterocycles. The number of amides is 3. The Labute approximate surface area is 203 Å². The average molecular weight is 496 g/mol. The molecule has 0 saturated carbocycles. The topological polar surface area (TPSA) is 207 Å². The van der Waals surface area contributed by atoms with Gasteiger partial charge in [-0.05, 0) is 12.1 Å². The van der Waals surface area contributed by atoms with Gasteiger partial charge in [0.25, 0.3) is 5.91 Å². The molecule has 3 aromatic rings. The van der Waals surface area contributed by atoms with E-state index in [1.807, 2.05) is 0 Å². The highest BCUT2D eigenvalue weighted by atomic mass is 16.6. The van der Waals surface area contributed by atoms with E-state index in [-0.39, 0.29) is 37.0 Å². The third kappa shape index (κ3) is 4.32. The number of nitrogens with one attached hydrogen (secondary N) is 3. The number of anilines is 2. The van der Waals surface area contributed by atoms with Crippen molar-refractivity contribution in [2.75, 3.05) is 17.6 Å². The Morgan fingerprint density at radius 1 is 1.17 bits per heavy atom. The first-order valence-corrected chi connectivity index (χ1v) is 11.2. The number of nitrogens with two attached hydrogens (primary N) is 1. The number of rotatable bonds is 7. The molecule has 36 heavy (non-hydrogen) atoms. The molecule has 4 unspecified atom stereocenters. The first kappa shape index (κ1) is 23.6. The second kappa shape index (κ2) is 9.49. The number of fused-ring (bicyclic) bond motifs is 2. The Hall–Kier alpha value is -4.14. The molecular weight excluding hydrogens is 472 g/mol. The van der Waals surface area contributed by atoms with Crippen molar-refractivity contribution < 1.29 is 29.3 Å². The van der Waals surface area contributed by atoms with Crippen LogP contribution in [0.1, 0.15) is 35.0 Å². The lowest BCUT2D eigenvalue weighted by Crippen LogP contribution is -2.40. The number of hydrogen-bond acceptors (Lipinski definition) is 10. The quantitative estimate of drug-likeness (QED) is 0.230. The number of carbonyl (C=O) groups excluding carboxylic acids is 3. The predicted octanol–water partition coefficient (Wildman–Crippen LogP) is -1.19. The molecule has 14 nitrogen and oxygen atoms in total. The number of aromatic nitrogens is 4. The Morgan fingerprint density at radius 3 is 2.81 bits per heavy atom. The molecule has 4 heterocycles. The standard InChI is InChI=1S/C22H24N8O6/c23-19-16-20(27-8-26-19)30(9-28-16)22-18(34)17(33)13(36-22)7-24-14(31)4-5-15(32)29-12-3-1-2-10-11(12)6-25-21(10)35/h1-3,8-9,13,17-18,22,33-34H,4-7H2,(H,24,31)(H,25,35)(H,29,32)(H2,23,26,27). The van der Waals surface area contributed by atoms with Crippen molar-refractivity contribution in [2.45, 2.75) is 43.9 Å². The van der Waals surface area contributed by atoms with E-state index in [9.17, 15) is 24.6 Å². The second-order valence-electron chi connectivity index (χ2n) is 8.50. The lowest BCUT2D eigenvalue weighted by molar-refractivity contribution is -0.125. The molecule has 0 aliphatic carbocycles. The number of hydrogen-bond donors (Lipinski definition) is 6. The summed E-state index contributed by atoms with van der Waals surface area (Å²) in [5.74, 6) is -0.828. The molecule has 0 spiro atoms. The summed E-state index contributed by atoms with van der Waals surface area (Å²) in [5.41, 5.74) is 8.20. The highest BCUT2D eigenvalue weighted by Crippen LogP contribution is 2.31. The largest absolute Gasteiger partial charge is 0.387 e. The lowest BCUT2D eigenvalue weighted by Gasteiger charge is -2.16. The van der Waals surface area contributed by atoms with Gasteiger partial charge in [0.1, 0.15) is 30.2 Å². The number of benzene rings is 1. The number of nitrogen functional groups attached to an aromatic ring is 1. The van der Waals surface area contributed by atoms with Crippen LogP contribution in [0.2, 0.25) is 0 Å².